The van der Waals surface area contributed by atoms with Crippen molar-refractivity contribution in [1.82, 2.24) is 10.2 Å². The van der Waals surface area contributed by atoms with Crippen LogP contribution in [-0.2, 0) is 4.79 Å². The molecule has 1 aliphatic carbocycles. The first-order valence-corrected chi connectivity index (χ1v) is 7.47. The lowest BCUT2D eigenvalue weighted by molar-refractivity contribution is -0.137. The van der Waals surface area contributed by atoms with E-state index in [1.54, 1.807) is 0 Å². The van der Waals surface area contributed by atoms with E-state index in [2.05, 4.69) is 16.8 Å². The fourth-order valence-corrected chi connectivity index (χ4v) is 4.08. The predicted molar refractivity (Wildman–Crippen MR) is 72.2 cm³/mol. The molecular weight excluding hydrogens is 224 g/mol. The van der Waals surface area contributed by atoms with E-state index in [-0.39, 0.29) is 5.92 Å². The Labute approximate surface area is 110 Å². The highest BCUT2D eigenvalue weighted by Gasteiger charge is 2.45. The summed E-state index contributed by atoms with van der Waals surface area (Å²) in [7, 11) is 0. The average Bonchev–Trinajstić information content (AvgIpc) is 3.10. The van der Waals surface area contributed by atoms with Crippen molar-refractivity contribution in [3.63, 3.8) is 0 Å². The van der Waals surface area contributed by atoms with E-state index < -0.39 is 0 Å². The molecule has 100 valence electrons. The summed E-state index contributed by atoms with van der Waals surface area (Å²) in [6, 6.07) is 1.55. The number of rotatable bonds is 4. The molecule has 1 saturated carbocycles. The van der Waals surface area contributed by atoms with Crippen LogP contribution in [0.15, 0.2) is 12.7 Å². The minimum absolute atomic E-state index is 0.240. The molecule has 3 rings (SSSR count). The summed E-state index contributed by atoms with van der Waals surface area (Å²) < 4.78 is 0. The van der Waals surface area contributed by atoms with Gasteiger partial charge in [-0.1, -0.05) is 18.9 Å². The van der Waals surface area contributed by atoms with E-state index in [4.69, 9.17) is 0 Å². The zero-order chi connectivity index (χ0) is 12.5. The van der Waals surface area contributed by atoms with Crippen molar-refractivity contribution in [2.75, 3.05) is 6.54 Å². The van der Waals surface area contributed by atoms with E-state index in [0.29, 0.717) is 24.0 Å². The van der Waals surface area contributed by atoms with Crippen molar-refractivity contribution in [2.24, 2.45) is 5.92 Å². The van der Waals surface area contributed by atoms with Crippen molar-refractivity contribution in [3.8, 4) is 0 Å². The molecule has 3 fully saturated rings. The molecule has 1 N–H and O–H groups in total. The standard InChI is InChI=1S/C15H24N2O/c1-2-9-17(12-5-3-4-6-12)15(18)13-10-11-7-8-14(13)16-11/h2,11-14,16H,1,3-10H2. The molecule has 3 nitrogen and oxygen atoms in total. The van der Waals surface area contributed by atoms with Gasteiger partial charge in [0.2, 0.25) is 5.91 Å². The zero-order valence-electron chi connectivity index (χ0n) is 11.1. The van der Waals surface area contributed by atoms with Gasteiger partial charge in [-0.05, 0) is 32.1 Å². The lowest BCUT2D eigenvalue weighted by Gasteiger charge is -2.32. The monoisotopic (exact) mass is 248 g/mol. The molecule has 0 aromatic carbocycles. The van der Waals surface area contributed by atoms with Gasteiger partial charge in [0, 0.05) is 24.7 Å². The van der Waals surface area contributed by atoms with Crippen LogP contribution in [0.25, 0.3) is 0 Å². The molecule has 2 saturated heterocycles. The second-order valence-electron chi connectivity index (χ2n) is 6.11. The molecule has 0 aromatic rings. The highest BCUT2D eigenvalue weighted by Crippen LogP contribution is 2.35. The van der Waals surface area contributed by atoms with Crippen LogP contribution in [0.3, 0.4) is 0 Å². The van der Waals surface area contributed by atoms with Gasteiger partial charge in [0.15, 0.2) is 0 Å². The maximum Gasteiger partial charge on any atom is 0.227 e. The second kappa shape index (κ2) is 5.04. The van der Waals surface area contributed by atoms with Crippen LogP contribution in [0.2, 0.25) is 0 Å². The fourth-order valence-electron chi connectivity index (χ4n) is 4.08. The van der Waals surface area contributed by atoms with Crippen molar-refractivity contribution in [2.45, 2.75) is 63.1 Å². The van der Waals surface area contributed by atoms with Crippen LogP contribution >= 0.6 is 0 Å². The Kier molecular flexibility index (Phi) is 3.42. The molecule has 3 heteroatoms. The first kappa shape index (κ1) is 12.2. The summed E-state index contributed by atoms with van der Waals surface area (Å²) >= 11 is 0. The summed E-state index contributed by atoms with van der Waals surface area (Å²) in [6.07, 6.45) is 10.3. The largest absolute Gasteiger partial charge is 0.336 e. The number of hydrogen-bond donors (Lipinski definition) is 1. The van der Waals surface area contributed by atoms with Gasteiger partial charge in [0.05, 0.1) is 5.92 Å². The number of hydrogen-bond acceptors (Lipinski definition) is 2. The predicted octanol–water partition coefficient (Wildman–Crippen LogP) is 2.08. The third-order valence-electron chi connectivity index (χ3n) is 4.99. The van der Waals surface area contributed by atoms with Crippen LogP contribution in [0, 0.1) is 5.92 Å². The molecular formula is C15H24N2O. The van der Waals surface area contributed by atoms with Gasteiger partial charge in [-0.15, -0.1) is 6.58 Å². The number of carbonyl (C=O) groups is 1. The van der Waals surface area contributed by atoms with Gasteiger partial charge in [-0.3, -0.25) is 4.79 Å². The van der Waals surface area contributed by atoms with E-state index in [0.717, 1.165) is 13.0 Å². The summed E-state index contributed by atoms with van der Waals surface area (Å²) in [6.45, 7) is 4.55. The molecule has 3 atom stereocenters. The molecule has 0 aromatic heterocycles. The second-order valence-corrected chi connectivity index (χ2v) is 6.11. The number of amides is 1. The molecule has 2 bridgehead atoms. The maximum absolute atomic E-state index is 12.8. The first-order chi connectivity index (χ1) is 8.79. The SMILES string of the molecule is C=CCN(C(=O)C1CC2CCC1N2)C1CCCC1. The number of nitrogens with zero attached hydrogens (tertiary/aromatic N) is 1. The Hall–Kier alpha value is -0.830. The van der Waals surface area contributed by atoms with Crippen molar-refractivity contribution in [1.29, 1.82) is 0 Å². The van der Waals surface area contributed by atoms with Gasteiger partial charge in [0.25, 0.3) is 0 Å². The lowest BCUT2D eigenvalue weighted by atomic mass is 9.87. The van der Waals surface area contributed by atoms with E-state index >= 15 is 0 Å². The normalized spacial score (nSPS) is 35.0. The minimum atomic E-state index is 0.240. The molecule has 3 aliphatic rings. The molecule has 0 radical (unpaired) electrons. The van der Waals surface area contributed by atoms with Crippen LogP contribution in [0.5, 0.6) is 0 Å². The van der Waals surface area contributed by atoms with Crippen LogP contribution < -0.4 is 5.32 Å². The van der Waals surface area contributed by atoms with Gasteiger partial charge in [-0.2, -0.15) is 0 Å². The highest BCUT2D eigenvalue weighted by atomic mass is 16.2. The molecule has 0 spiro atoms. The first-order valence-electron chi connectivity index (χ1n) is 7.47. The van der Waals surface area contributed by atoms with Crippen molar-refractivity contribution >= 4 is 5.91 Å². The quantitative estimate of drug-likeness (QED) is 0.773. The lowest BCUT2D eigenvalue weighted by Crippen LogP contribution is -2.45. The Morgan fingerprint density at radius 1 is 1.28 bits per heavy atom. The summed E-state index contributed by atoms with van der Waals surface area (Å²) in [4.78, 5) is 14.9. The van der Waals surface area contributed by atoms with Crippen molar-refractivity contribution < 1.29 is 4.79 Å². The van der Waals surface area contributed by atoms with Crippen LogP contribution in [0.4, 0.5) is 0 Å². The van der Waals surface area contributed by atoms with Crippen molar-refractivity contribution in [3.05, 3.63) is 12.7 Å². The average molecular weight is 248 g/mol. The number of fused-ring (bicyclic) bond motifs is 2. The Morgan fingerprint density at radius 3 is 2.61 bits per heavy atom. The molecule has 1 amide bonds. The maximum atomic E-state index is 12.8. The minimum Gasteiger partial charge on any atom is -0.336 e. The Balaban J connectivity index is 1.69. The van der Waals surface area contributed by atoms with Gasteiger partial charge in [-0.25, -0.2) is 0 Å². The zero-order valence-corrected chi connectivity index (χ0v) is 11.1. The Bertz CT molecular complexity index is 335. The third-order valence-corrected chi connectivity index (χ3v) is 4.99. The van der Waals surface area contributed by atoms with Crippen LogP contribution in [-0.4, -0.2) is 35.5 Å². The van der Waals surface area contributed by atoms with E-state index in [1.807, 2.05) is 6.08 Å². The van der Waals surface area contributed by atoms with Gasteiger partial charge >= 0.3 is 0 Å². The highest BCUT2D eigenvalue weighted by molar-refractivity contribution is 5.80. The fraction of sp³-hybridized carbons (Fsp3) is 0.800. The topological polar surface area (TPSA) is 32.3 Å². The van der Waals surface area contributed by atoms with Crippen LogP contribution in [0.1, 0.15) is 44.9 Å². The summed E-state index contributed by atoms with van der Waals surface area (Å²) in [5.41, 5.74) is 0. The summed E-state index contributed by atoms with van der Waals surface area (Å²) in [5, 5.41) is 3.57. The number of carbonyl (C=O) groups excluding carboxylic acids is 1. The summed E-state index contributed by atoms with van der Waals surface area (Å²) in [5.74, 6) is 0.630. The Morgan fingerprint density at radius 2 is 2.06 bits per heavy atom. The van der Waals surface area contributed by atoms with Gasteiger partial charge in [0.1, 0.15) is 0 Å². The smallest absolute Gasteiger partial charge is 0.227 e. The number of nitrogens with one attached hydrogen (secondary N) is 1. The van der Waals surface area contributed by atoms with E-state index in [9.17, 15) is 4.79 Å². The van der Waals surface area contributed by atoms with Gasteiger partial charge < -0.3 is 10.2 Å². The molecule has 2 aliphatic heterocycles. The molecule has 2 heterocycles. The third kappa shape index (κ3) is 2.09. The molecule has 3 unspecified atom stereocenters. The molecule has 18 heavy (non-hydrogen) atoms. The van der Waals surface area contributed by atoms with E-state index in [1.165, 1.54) is 38.5 Å².